The fraction of sp³-hybridized carbons (Fsp3) is 0.368. The highest BCUT2D eigenvalue weighted by atomic mass is 16.2. The fourth-order valence-corrected chi connectivity index (χ4v) is 2.57. The molecule has 25 heavy (non-hydrogen) atoms. The fourth-order valence-electron chi connectivity index (χ4n) is 2.57. The van der Waals surface area contributed by atoms with Crippen LogP contribution in [-0.4, -0.2) is 41.5 Å². The molecular formula is C19H26N4O2. The minimum absolute atomic E-state index is 0.0430. The van der Waals surface area contributed by atoms with Gasteiger partial charge in [0.25, 0.3) is 5.91 Å². The number of aryl methyl sites for hydroxylation is 2. The highest BCUT2D eigenvalue weighted by Gasteiger charge is 2.11. The van der Waals surface area contributed by atoms with Crippen LogP contribution in [0.15, 0.2) is 42.6 Å². The Morgan fingerprint density at radius 2 is 1.96 bits per heavy atom. The zero-order valence-electron chi connectivity index (χ0n) is 15.2. The Morgan fingerprint density at radius 3 is 2.60 bits per heavy atom. The summed E-state index contributed by atoms with van der Waals surface area (Å²) in [5.41, 5.74) is 2.38. The van der Waals surface area contributed by atoms with Crippen LogP contribution >= 0.6 is 0 Å². The van der Waals surface area contributed by atoms with Crippen molar-refractivity contribution in [1.82, 2.24) is 14.8 Å². The van der Waals surface area contributed by atoms with E-state index in [-0.39, 0.29) is 18.0 Å². The van der Waals surface area contributed by atoms with Gasteiger partial charge in [-0.1, -0.05) is 6.07 Å². The minimum atomic E-state index is -0.270. The predicted molar refractivity (Wildman–Crippen MR) is 99.8 cm³/mol. The van der Waals surface area contributed by atoms with Crippen LogP contribution in [-0.2, 0) is 13.5 Å². The highest BCUT2D eigenvalue weighted by molar-refractivity contribution is 5.96. The number of nitrogens with one attached hydrogen (secondary N) is 2. The monoisotopic (exact) mass is 342 g/mol. The quantitative estimate of drug-likeness (QED) is 0.848. The molecule has 0 bridgehead atoms. The molecular weight excluding hydrogens is 316 g/mol. The molecule has 2 N–H and O–H groups in total. The van der Waals surface area contributed by atoms with Gasteiger partial charge in [0.15, 0.2) is 0 Å². The number of carbonyl (C=O) groups excluding carboxylic acids is 2. The number of urea groups is 1. The minimum Gasteiger partial charge on any atom is -0.354 e. The van der Waals surface area contributed by atoms with Crippen molar-refractivity contribution in [3.05, 3.63) is 53.9 Å². The molecule has 1 aromatic heterocycles. The third-order valence-corrected chi connectivity index (χ3v) is 4.04. The maximum Gasteiger partial charge on any atom is 0.319 e. The van der Waals surface area contributed by atoms with Gasteiger partial charge in [0.1, 0.15) is 0 Å². The van der Waals surface area contributed by atoms with Crippen LogP contribution in [0.3, 0.4) is 0 Å². The van der Waals surface area contributed by atoms with Crippen molar-refractivity contribution in [2.45, 2.75) is 25.8 Å². The van der Waals surface area contributed by atoms with Crippen LogP contribution in [0.4, 0.5) is 10.5 Å². The van der Waals surface area contributed by atoms with Gasteiger partial charge in [-0.2, -0.15) is 0 Å². The van der Waals surface area contributed by atoms with Crippen molar-refractivity contribution in [3.63, 3.8) is 0 Å². The summed E-state index contributed by atoms with van der Waals surface area (Å²) >= 11 is 0. The van der Waals surface area contributed by atoms with Crippen molar-refractivity contribution in [3.8, 4) is 0 Å². The van der Waals surface area contributed by atoms with E-state index in [9.17, 15) is 9.59 Å². The molecule has 1 aromatic carbocycles. The lowest BCUT2D eigenvalue weighted by atomic mass is 10.1. The van der Waals surface area contributed by atoms with Crippen molar-refractivity contribution >= 4 is 17.6 Å². The van der Waals surface area contributed by atoms with E-state index in [1.54, 1.807) is 38.4 Å². The second-order valence-corrected chi connectivity index (χ2v) is 6.43. The highest BCUT2D eigenvalue weighted by Crippen LogP contribution is 2.12. The van der Waals surface area contributed by atoms with Gasteiger partial charge in [-0.3, -0.25) is 4.79 Å². The molecule has 1 heterocycles. The van der Waals surface area contributed by atoms with Crippen molar-refractivity contribution in [2.24, 2.45) is 7.05 Å². The molecule has 2 aromatic rings. The molecule has 0 saturated heterocycles. The number of anilines is 1. The third-order valence-electron chi connectivity index (χ3n) is 4.04. The van der Waals surface area contributed by atoms with Crippen LogP contribution in [0.5, 0.6) is 0 Å². The van der Waals surface area contributed by atoms with E-state index in [0.29, 0.717) is 11.3 Å². The van der Waals surface area contributed by atoms with Crippen molar-refractivity contribution < 1.29 is 9.59 Å². The molecule has 2 rings (SSSR count). The Hall–Kier alpha value is -2.76. The van der Waals surface area contributed by atoms with E-state index in [1.807, 2.05) is 26.2 Å². The molecule has 1 atom stereocenters. The van der Waals surface area contributed by atoms with Gasteiger partial charge in [-0.25, -0.2) is 4.79 Å². The lowest BCUT2D eigenvalue weighted by Crippen LogP contribution is -2.36. The first kappa shape index (κ1) is 18.6. The van der Waals surface area contributed by atoms with Gasteiger partial charge in [0.05, 0.1) is 0 Å². The zero-order valence-corrected chi connectivity index (χ0v) is 15.2. The van der Waals surface area contributed by atoms with Crippen LogP contribution in [0.2, 0.25) is 0 Å². The third kappa shape index (κ3) is 5.38. The summed E-state index contributed by atoms with van der Waals surface area (Å²) < 4.78 is 2.08. The topological polar surface area (TPSA) is 66.4 Å². The van der Waals surface area contributed by atoms with Gasteiger partial charge >= 0.3 is 6.03 Å². The number of rotatable bonds is 6. The molecule has 3 amide bonds. The lowest BCUT2D eigenvalue weighted by molar-refractivity contribution is 0.0827. The predicted octanol–water partition coefficient (Wildman–Crippen LogP) is 2.87. The van der Waals surface area contributed by atoms with Gasteiger partial charge in [0, 0.05) is 50.3 Å². The van der Waals surface area contributed by atoms with E-state index in [4.69, 9.17) is 0 Å². The summed E-state index contributed by atoms with van der Waals surface area (Å²) in [6, 6.07) is 10.8. The number of hydrogen-bond acceptors (Lipinski definition) is 2. The lowest BCUT2D eigenvalue weighted by Gasteiger charge is -2.16. The number of amides is 3. The summed E-state index contributed by atoms with van der Waals surface area (Å²) in [6.45, 7) is 1.98. The molecule has 0 unspecified atom stereocenters. The second kappa shape index (κ2) is 8.37. The standard InChI is InChI=1S/C19H26N4O2/c1-14(10-11-17-9-6-12-23(17)4)20-19(25)21-16-8-5-7-15(13-16)18(24)22(2)3/h5-9,12-14H,10-11H2,1-4H3,(H2,20,21,25)/t14-/m1/s1. The zero-order chi connectivity index (χ0) is 18.4. The van der Waals surface area contributed by atoms with E-state index >= 15 is 0 Å². The Kier molecular flexibility index (Phi) is 6.22. The number of nitrogens with zero attached hydrogens (tertiary/aromatic N) is 2. The van der Waals surface area contributed by atoms with Crippen LogP contribution in [0.1, 0.15) is 29.4 Å². The second-order valence-electron chi connectivity index (χ2n) is 6.43. The van der Waals surface area contributed by atoms with E-state index in [2.05, 4.69) is 21.3 Å². The van der Waals surface area contributed by atoms with E-state index in [0.717, 1.165) is 12.8 Å². The van der Waals surface area contributed by atoms with Gasteiger partial charge in [0.2, 0.25) is 0 Å². The number of hydrogen-bond donors (Lipinski definition) is 2. The maximum absolute atomic E-state index is 12.1. The summed E-state index contributed by atoms with van der Waals surface area (Å²) in [4.78, 5) is 25.6. The summed E-state index contributed by atoms with van der Waals surface area (Å²) in [6.07, 6.45) is 3.77. The number of benzene rings is 1. The molecule has 6 nitrogen and oxygen atoms in total. The Balaban J connectivity index is 1.86. The normalized spacial score (nSPS) is 11.7. The molecule has 6 heteroatoms. The smallest absolute Gasteiger partial charge is 0.319 e. The first-order valence-electron chi connectivity index (χ1n) is 8.36. The molecule has 0 saturated carbocycles. The van der Waals surface area contributed by atoms with Crippen LogP contribution < -0.4 is 10.6 Å². The molecule has 0 fully saturated rings. The average molecular weight is 342 g/mol. The molecule has 0 radical (unpaired) electrons. The van der Waals surface area contributed by atoms with Crippen LogP contribution in [0, 0.1) is 0 Å². The van der Waals surface area contributed by atoms with Crippen molar-refractivity contribution in [2.75, 3.05) is 19.4 Å². The SMILES string of the molecule is C[C@H](CCc1cccn1C)NC(=O)Nc1cccc(C(=O)N(C)C)c1. The molecule has 0 aliphatic rings. The Morgan fingerprint density at radius 1 is 1.20 bits per heavy atom. The first-order chi connectivity index (χ1) is 11.9. The first-order valence-corrected chi connectivity index (χ1v) is 8.36. The Labute approximate surface area is 148 Å². The molecule has 0 aliphatic carbocycles. The Bertz CT molecular complexity index is 737. The summed E-state index contributed by atoms with van der Waals surface area (Å²) in [5, 5.41) is 5.71. The van der Waals surface area contributed by atoms with Gasteiger partial charge < -0.3 is 20.1 Å². The molecule has 134 valence electrons. The number of aromatic nitrogens is 1. The van der Waals surface area contributed by atoms with Gasteiger partial charge in [-0.05, 0) is 50.1 Å². The maximum atomic E-state index is 12.1. The molecule has 0 spiro atoms. The summed E-state index contributed by atoms with van der Waals surface area (Å²) in [7, 11) is 5.41. The van der Waals surface area contributed by atoms with Gasteiger partial charge in [-0.15, -0.1) is 0 Å². The summed E-state index contributed by atoms with van der Waals surface area (Å²) in [5.74, 6) is -0.0972. The van der Waals surface area contributed by atoms with Crippen LogP contribution in [0.25, 0.3) is 0 Å². The molecule has 0 aliphatic heterocycles. The van der Waals surface area contributed by atoms with Crippen molar-refractivity contribution in [1.29, 1.82) is 0 Å². The van der Waals surface area contributed by atoms with E-state index in [1.165, 1.54) is 10.6 Å². The van der Waals surface area contributed by atoms with E-state index < -0.39 is 0 Å². The average Bonchev–Trinajstić information content (AvgIpc) is 2.97. The largest absolute Gasteiger partial charge is 0.354 e. The number of carbonyl (C=O) groups is 2.